The molecular weight excluding hydrogens is 304 g/mol. The van der Waals surface area contributed by atoms with E-state index in [2.05, 4.69) is 6.92 Å². The molecule has 0 radical (unpaired) electrons. The van der Waals surface area contributed by atoms with E-state index < -0.39 is 18.0 Å². The summed E-state index contributed by atoms with van der Waals surface area (Å²) in [5.41, 5.74) is 0. The van der Waals surface area contributed by atoms with E-state index in [1.165, 1.54) is 57.8 Å². The summed E-state index contributed by atoms with van der Waals surface area (Å²) in [6, 6.07) is 0. The minimum atomic E-state index is -0.913. The molecule has 3 N–H and O–H groups in total. The van der Waals surface area contributed by atoms with Gasteiger partial charge in [0.1, 0.15) is 0 Å². The van der Waals surface area contributed by atoms with E-state index in [9.17, 15) is 15.0 Å². The number of rotatable bonds is 18. The highest BCUT2D eigenvalue weighted by Crippen LogP contribution is 2.19. The van der Waals surface area contributed by atoms with E-state index in [0.29, 0.717) is 19.3 Å². The van der Waals surface area contributed by atoms with Gasteiger partial charge in [0, 0.05) is 6.61 Å². The van der Waals surface area contributed by atoms with Crippen molar-refractivity contribution in [3.05, 3.63) is 0 Å². The molecule has 4 heteroatoms. The lowest BCUT2D eigenvalue weighted by Gasteiger charge is -2.18. The van der Waals surface area contributed by atoms with Crippen LogP contribution in [-0.2, 0) is 4.79 Å². The van der Waals surface area contributed by atoms with Crippen molar-refractivity contribution in [2.24, 2.45) is 5.92 Å². The molecule has 0 aliphatic heterocycles. The van der Waals surface area contributed by atoms with Crippen molar-refractivity contribution >= 4 is 5.97 Å². The molecule has 0 rings (SSSR count). The predicted octanol–water partition coefficient (Wildman–Crippen LogP) is 4.91. The van der Waals surface area contributed by atoms with Crippen molar-refractivity contribution in [2.75, 3.05) is 6.61 Å². The summed E-state index contributed by atoms with van der Waals surface area (Å²) in [5.74, 6) is -1.59. The largest absolute Gasteiger partial charge is 0.481 e. The van der Waals surface area contributed by atoms with Crippen molar-refractivity contribution in [1.82, 2.24) is 0 Å². The number of hydrogen-bond donors (Lipinski definition) is 3. The highest BCUT2D eigenvalue weighted by Gasteiger charge is 2.25. The van der Waals surface area contributed by atoms with Crippen molar-refractivity contribution in [3.63, 3.8) is 0 Å². The van der Waals surface area contributed by atoms with Crippen LogP contribution in [0.25, 0.3) is 0 Å². The second-order valence-corrected chi connectivity index (χ2v) is 7.06. The van der Waals surface area contributed by atoms with Gasteiger partial charge in [-0.3, -0.25) is 4.79 Å². The summed E-state index contributed by atoms with van der Waals surface area (Å²) in [5, 5.41) is 27.9. The van der Waals surface area contributed by atoms with Crippen molar-refractivity contribution < 1.29 is 20.1 Å². The van der Waals surface area contributed by atoms with Gasteiger partial charge in [-0.15, -0.1) is 0 Å². The lowest BCUT2D eigenvalue weighted by molar-refractivity contribution is -0.146. The van der Waals surface area contributed by atoms with Gasteiger partial charge in [-0.2, -0.15) is 0 Å². The van der Waals surface area contributed by atoms with Crippen LogP contribution in [0.1, 0.15) is 103 Å². The molecule has 4 nitrogen and oxygen atoms in total. The summed E-state index contributed by atoms with van der Waals surface area (Å²) in [4.78, 5) is 11.2. The van der Waals surface area contributed by atoms with E-state index in [0.717, 1.165) is 19.3 Å². The van der Waals surface area contributed by atoms with Gasteiger partial charge in [0.05, 0.1) is 12.0 Å². The first-order valence-electron chi connectivity index (χ1n) is 10.1. The summed E-state index contributed by atoms with van der Waals surface area (Å²) in [6.07, 6.45) is 15.6. The average Bonchev–Trinajstić information content (AvgIpc) is 2.56. The van der Waals surface area contributed by atoms with Crippen LogP contribution in [-0.4, -0.2) is 34.0 Å². The van der Waals surface area contributed by atoms with Crippen molar-refractivity contribution in [1.29, 1.82) is 0 Å². The topological polar surface area (TPSA) is 77.8 Å². The van der Waals surface area contributed by atoms with Gasteiger partial charge < -0.3 is 15.3 Å². The summed E-state index contributed by atoms with van der Waals surface area (Å²) in [7, 11) is 0. The smallest absolute Gasteiger partial charge is 0.309 e. The fourth-order valence-corrected chi connectivity index (χ4v) is 3.19. The molecule has 0 aromatic heterocycles. The first kappa shape index (κ1) is 23.4. The fraction of sp³-hybridized carbons (Fsp3) is 0.950. The molecule has 144 valence electrons. The Kier molecular flexibility index (Phi) is 16.8. The second kappa shape index (κ2) is 17.2. The maximum absolute atomic E-state index is 11.2. The Morgan fingerprint density at radius 1 is 0.750 bits per heavy atom. The molecule has 0 fully saturated rings. The molecule has 2 unspecified atom stereocenters. The zero-order valence-corrected chi connectivity index (χ0v) is 15.7. The summed E-state index contributed by atoms with van der Waals surface area (Å²) < 4.78 is 0. The van der Waals surface area contributed by atoms with Crippen LogP contribution in [0.15, 0.2) is 0 Å². The molecule has 0 aromatic rings. The minimum Gasteiger partial charge on any atom is -0.481 e. The number of hydrogen-bond acceptors (Lipinski definition) is 3. The SMILES string of the molecule is CCCCCCCCCCCCCCC(C(=O)O)C(O)CCCO. The van der Waals surface area contributed by atoms with Crippen LogP contribution in [0.2, 0.25) is 0 Å². The third kappa shape index (κ3) is 13.8. The molecule has 0 spiro atoms. The maximum atomic E-state index is 11.2. The Hall–Kier alpha value is -0.610. The van der Waals surface area contributed by atoms with E-state index in [4.69, 9.17) is 5.11 Å². The van der Waals surface area contributed by atoms with E-state index in [1.54, 1.807) is 0 Å². The van der Waals surface area contributed by atoms with Gasteiger partial charge in [-0.25, -0.2) is 0 Å². The molecule has 0 saturated heterocycles. The molecule has 0 amide bonds. The maximum Gasteiger partial charge on any atom is 0.309 e. The highest BCUT2D eigenvalue weighted by molar-refractivity contribution is 5.70. The number of carbonyl (C=O) groups is 1. The first-order valence-corrected chi connectivity index (χ1v) is 10.1. The third-order valence-electron chi connectivity index (χ3n) is 4.81. The normalized spacial score (nSPS) is 13.8. The minimum absolute atomic E-state index is 0.00199. The van der Waals surface area contributed by atoms with Crippen LogP contribution in [0, 0.1) is 5.92 Å². The zero-order valence-electron chi connectivity index (χ0n) is 15.7. The number of aliphatic hydroxyl groups excluding tert-OH is 2. The highest BCUT2D eigenvalue weighted by atomic mass is 16.4. The number of carboxylic acid groups (broad SMARTS) is 1. The van der Waals surface area contributed by atoms with E-state index in [-0.39, 0.29) is 6.61 Å². The quantitative estimate of drug-likeness (QED) is 0.309. The standard InChI is InChI=1S/C20H40O4/c1-2-3-4-5-6-7-8-9-10-11-12-13-15-18(20(23)24)19(22)16-14-17-21/h18-19,21-22H,2-17H2,1H3,(H,23,24). The Balaban J connectivity index is 3.50. The predicted molar refractivity (Wildman–Crippen MR) is 99.1 cm³/mol. The van der Waals surface area contributed by atoms with Crippen LogP contribution < -0.4 is 0 Å². The van der Waals surface area contributed by atoms with Gasteiger partial charge in [-0.1, -0.05) is 84.0 Å². The number of unbranched alkanes of at least 4 members (excludes halogenated alkanes) is 11. The number of aliphatic hydroxyl groups is 2. The molecule has 2 atom stereocenters. The molecular formula is C20H40O4. The Morgan fingerprint density at radius 3 is 1.62 bits per heavy atom. The van der Waals surface area contributed by atoms with E-state index in [1.807, 2.05) is 0 Å². The van der Waals surface area contributed by atoms with Gasteiger partial charge in [0.15, 0.2) is 0 Å². The Bertz CT molecular complexity index is 281. The molecule has 0 aromatic carbocycles. The summed E-state index contributed by atoms with van der Waals surface area (Å²) in [6.45, 7) is 2.25. The molecule has 24 heavy (non-hydrogen) atoms. The third-order valence-corrected chi connectivity index (χ3v) is 4.81. The van der Waals surface area contributed by atoms with Gasteiger partial charge >= 0.3 is 5.97 Å². The second-order valence-electron chi connectivity index (χ2n) is 7.06. The monoisotopic (exact) mass is 344 g/mol. The fourth-order valence-electron chi connectivity index (χ4n) is 3.19. The number of aliphatic carboxylic acids is 1. The molecule has 0 saturated carbocycles. The Labute approximate surface area is 148 Å². The van der Waals surface area contributed by atoms with E-state index >= 15 is 0 Å². The van der Waals surface area contributed by atoms with Gasteiger partial charge in [-0.05, 0) is 19.3 Å². The van der Waals surface area contributed by atoms with Crippen molar-refractivity contribution in [3.8, 4) is 0 Å². The lowest BCUT2D eigenvalue weighted by atomic mass is 9.92. The lowest BCUT2D eigenvalue weighted by Crippen LogP contribution is -2.28. The van der Waals surface area contributed by atoms with Crippen molar-refractivity contribution in [2.45, 2.75) is 109 Å². The van der Waals surface area contributed by atoms with Crippen LogP contribution >= 0.6 is 0 Å². The molecule has 0 bridgehead atoms. The molecule has 0 heterocycles. The van der Waals surface area contributed by atoms with Crippen LogP contribution in [0.3, 0.4) is 0 Å². The van der Waals surface area contributed by atoms with Gasteiger partial charge in [0.25, 0.3) is 0 Å². The summed E-state index contributed by atoms with van der Waals surface area (Å²) >= 11 is 0. The first-order chi connectivity index (χ1) is 11.6. The van der Waals surface area contributed by atoms with Gasteiger partial charge in [0.2, 0.25) is 0 Å². The van der Waals surface area contributed by atoms with Crippen LogP contribution in [0.5, 0.6) is 0 Å². The number of carboxylic acids is 1. The Morgan fingerprint density at radius 2 is 1.21 bits per heavy atom. The zero-order chi connectivity index (χ0) is 18.0. The molecule has 0 aliphatic carbocycles. The van der Waals surface area contributed by atoms with Crippen LogP contribution in [0.4, 0.5) is 0 Å². The molecule has 0 aliphatic rings. The average molecular weight is 345 g/mol.